The zero-order chi connectivity index (χ0) is 17.9. The molecule has 3 nitrogen and oxygen atoms in total. The van der Waals surface area contributed by atoms with Crippen LogP contribution in [0.3, 0.4) is 0 Å². The average Bonchev–Trinajstić information content (AvgIpc) is 2.61. The standard InChI is InChI=1S/C19H15ClFNO2S/c20-16-8-6-9-17(13-16)22(14-15-7-4-5-12-19(15)21)25(23,24)18-10-2-1-3-11-18/h1-13H,14H2. The first-order chi connectivity index (χ1) is 12.0. The van der Waals surface area contributed by atoms with E-state index in [1.54, 1.807) is 60.7 Å². The van der Waals surface area contributed by atoms with Gasteiger partial charge in [0, 0.05) is 10.6 Å². The molecule has 128 valence electrons. The zero-order valence-electron chi connectivity index (χ0n) is 13.1. The van der Waals surface area contributed by atoms with E-state index in [2.05, 4.69) is 0 Å². The number of benzene rings is 3. The first kappa shape index (κ1) is 17.5. The molecule has 3 aromatic rings. The van der Waals surface area contributed by atoms with Gasteiger partial charge in [-0.1, -0.05) is 54.1 Å². The second-order valence-corrected chi connectivity index (χ2v) is 7.69. The maximum absolute atomic E-state index is 14.1. The van der Waals surface area contributed by atoms with Crippen LogP contribution in [0.1, 0.15) is 5.56 Å². The predicted molar refractivity (Wildman–Crippen MR) is 97.7 cm³/mol. The summed E-state index contributed by atoms with van der Waals surface area (Å²) in [5.41, 5.74) is 0.654. The van der Waals surface area contributed by atoms with Crippen LogP contribution in [0.15, 0.2) is 83.8 Å². The van der Waals surface area contributed by atoms with Gasteiger partial charge in [0.15, 0.2) is 0 Å². The summed E-state index contributed by atoms with van der Waals surface area (Å²) in [6.45, 7) is -0.135. The van der Waals surface area contributed by atoms with Gasteiger partial charge in [-0.25, -0.2) is 12.8 Å². The largest absolute Gasteiger partial charge is 0.264 e. The van der Waals surface area contributed by atoms with Crippen molar-refractivity contribution in [2.45, 2.75) is 11.4 Å². The molecule has 25 heavy (non-hydrogen) atoms. The maximum Gasteiger partial charge on any atom is 0.264 e. The summed E-state index contributed by atoms with van der Waals surface area (Å²) in [6, 6.07) is 20.6. The Morgan fingerprint density at radius 3 is 2.24 bits per heavy atom. The molecule has 3 rings (SSSR count). The monoisotopic (exact) mass is 375 g/mol. The Bertz CT molecular complexity index is 977. The first-order valence-electron chi connectivity index (χ1n) is 7.55. The molecule has 0 heterocycles. The van der Waals surface area contributed by atoms with Gasteiger partial charge in [-0.3, -0.25) is 4.31 Å². The van der Waals surface area contributed by atoms with Crippen molar-refractivity contribution in [1.29, 1.82) is 0 Å². The first-order valence-corrected chi connectivity index (χ1v) is 9.37. The Morgan fingerprint density at radius 1 is 0.880 bits per heavy atom. The van der Waals surface area contributed by atoms with Crippen LogP contribution in [0.4, 0.5) is 10.1 Å². The molecule has 0 unspecified atom stereocenters. The molecule has 0 saturated carbocycles. The minimum absolute atomic E-state index is 0.131. The van der Waals surface area contributed by atoms with Crippen molar-refractivity contribution in [3.05, 3.63) is 95.3 Å². The lowest BCUT2D eigenvalue weighted by Crippen LogP contribution is -2.31. The lowest BCUT2D eigenvalue weighted by Gasteiger charge is -2.25. The minimum atomic E-state index is -3.88. The zero-order valence-corrected chi connectivity index (χ0v) is 14.7. The number of anilines is 1. The third-order valence-corrected chi connectivity index (χ3v) is 5.72. The van der Waals surface area contributed by atoms with E-state index in [1.807, 2.05) is 0 Å². The van der Waals surface area contributed by atoms with Crippen molar-refractivity contribution in [2.24, 2.45) is 0 Å². The van der Waals surface area contributed by atoms with Gasteiger partial charge in [-0.2, -0.15) is 0 Å². The van der Waals surface area contributed by atoms with Crippen LogP contribution in [-0.4, -0.2) is 8.42 Å². The van der Waals surface area contributed by atoms with E-state index >= 15 is 0 Å². The topological polar surface area (TPSA) is 37.4 Å². The van der Waals surface area contributed by atoms with E-state index < -0.39 is 15.8 Å². The number of nitrogens with zero attached hydrogens (tertiary/aromatic N) is 1. The van der Waals surface area contributed by atoms with Crippen LogP contribution in [0, 0.1) is 5.82 Å². The van der Waals surface area contributed by atoms with Gasteiger partial charge in [-0.05, 0) is 36.4 Å². The fourth-order valence-corrected chi connectivity index (χ4v) is 4.09. The number of hydrogen-bond donors (Lipinski definition) is 0. The molecule has 0 saturated heterocycles. The maximum atomic E-state index is 14.1. The highest BCUT2D eigenvalue weighted by atomic mass is 35.5. The quantitative estimate of drug-likeness (QED) is 0.637. The van der Waals surface area contributed by atoms with Crippen molar-refractivity contribution < 1.29 is 12.8 Å². The molecule has 0 atom stereocenters. The lowest BCUT2D eigenvalue weighted by molar-refractivity contribution is 0.585. The van der Waals surface area contributed by atoms with Gasteiger partial charge < -0.3 is 0 Å². The third-order valence-electron chi connectivity index (χ3n) is 3.70. The number of halogens is 2. The molecule has 0 spiro atoms. The lowest BCUT2D eigenvalue weighted by atomic mass is 10.2. The summed E-state index contributed by atoms with van der Waals surface area (Å²) in [4.78, 5) is 0.131. The molecule has 0 amide bonds. The van der Waals surface area contributed by atoms with Crippen molar-refractivity contribution in [3.8, 4) is 0 Å². The molecule has 0 fully saturated rings. The Morgan fingerprint density at radius 2 is 1.56 bits per heavy atom. The summed E-state index contributed by atoms with van der Waals surface area (Å²) in [5, 5.41) is 0.402. The highest BCUT2D eigenvalue weighted by Crippen LogP contribution is 2.28. The fourth-order valence-electron chi connectivity index (χ4n) is 2.45. The van der Waals surface area contributed by atoms with Gasteiger partial charge in [-0.15, -0.1) is 0 Å². The van der Waals surface area contributed by atoms with E-state index in [4.69, 9.17) is 11.6 Å². The van der Waals surface area contributed by atoms with Crippen LogP contribution in [-0.2, 0) is 16.6 Å². The van der Waals surface area contributed by atoms with E-state index in [0.29, 0.717) is 10.7 Å². The summed E-state index contributed by atoms with van der Waals surface area (Å²) < 4.78 is 41.5. The molecular weight excluding hydrogens is 361 g/mol. The van der Waals surface area contributed by atoms with Gasteiger partial charge in [0.05, 0.1) is 17.1 Å². The fraction of sp³-hybridized carbons (Fsp3) is 0.0526. The molecular formula is C19H15ClFNO2S. The van der Waals surface area contributed by atoms with Gasteiger partial charge in [0.2, 0.25) is 0 Å². The van der Waals surface area contributed by atoms with Gasteiger partial charge >= 0.3 is 0 Å². The second kappa shape index (κ2) is 7.25. The van der Waals surface area contributed by atoms with Crippen LogP contribution < -0.4 is 4.31 Å². The highest BCUT2D eigenvalue weighted by molar-refractivity contribution is 7.92. The van der Waals surface area contributed by atoms with Crippen LogP contribution >= 0.6 is 11.6 Å². The highest BCUT2D eigenvalue weighted by Gasteiger charge is 2.26. The molecule has 0 bridgehead atoms. The molecule has 0 aliphatic heterocycles. The number of sulfonamides is 1. The smallest absolute Gasteiger partial charge is 0.262 e. The Labute approximate surface area is 151 Å². The van der Waals surface area contributed by atoms with Crippen molar-refractivity contribution >= 4 is 27.3 Å². The third kappa shape index (κ3) is 3.83. The summed E-state index contributed by atoms with van der Waals surface area (Å²) in [6.07, 6.45) is 0. The Kier molecular flexibility index (Phi) is 5.06. The van der Waals surface area contributed by atoms with Crippen molar-refractivity contribution in [1.82, 2.24) is 0 Å². The van der Waals surface area contributed by atoms with Crippen molar-refractivity contribution in [2.75, 3.05) is 4.31 Å². The van der Waals surface area contributed by atoms with E-state index in [9.17, 15) is 12.8 Å². The minimum Gasteiger partial charge on any atom is -0.262 e. The molecule has 0 radical (unpaired) electrons. The molecule has 0 aliphatic rings. The van der Waals surface area contributed by atoms with Crippen LogP contribution in [0.25, 0.3) is 0 Å². The van der Waals surface area contributed by atoms with E-state index in [-0.39, 0.29) is 17.0 Å². The number of hydrogen-bond acceptors (Lipinski definition) is 2. The van der Waals surface area contributed by atoms with E-state index in [1.165, 1.54) is 18.2 Å². The Balaban J connectivity index is 2.11. The second-order valence-electron chi connectivity index (χ2n) is 5.40. The van der Waals surface area contributed by atoms with Gasteiger partial charge in [0.1, 0.15) is 5.82 Å². The van der Waals surface area contributed by atoms with Crippen molar-refractivity contribution in [3.63, 3.8) is 0 Å². The van der Waals surface area contributed by atoms with Crippen LogP contribution in [0.5, 0.6) is 0 Å². The molecule has 3 aromatic carbocycles. The molecule has 0 aromatic heterocycles. The predicted octanol–water partition coefficient (Wildman–Crippen LogP) is 4.87. The average molecular weight is 376 g/mol. The Hall–Kier alpha value is -2.37. The van der Waals surface area contributed by atoms with Gasteiger partial charge in [0.25, 0.3) is 10.0 Å². The van der Waals surface area contributed by atoms with Crippen LogP contribution in [0.2, 0.25) is 5.02 Å². The molecule has 0 aliphatic carbocycles. The summed E-state index contributed by atoms with van der Waals surface area (Å²) >= 11 is 6.02. The normalized spacial score (nSPS) is 11.3. The summed E-state index contributed by atoms with van der Waals surface area (Å²) in [5.74, 6) is -0.460. The van der Waals surface area contributed by atoms with E-state index in [0.717, 1.165) is 4.31 Å². The molecule has 6 heteroatoms. The SMILES string of the molecule is O=S(=O)(c1ccccc1)N(Cc1ccccc1F)c1cccc(Cl)c1. The number of rotatable bonds is 5. The summed E-state index contributed by atoms with van der Waals surface area (Å²) in [7, 11) is -3.88. The molecule has 0 N–H and O–H groups in total.